The van der Waals surface area contributed by atoms with E-state index in [0.29, 0.717) is 12.8 Å². The number of hydrogen-bond donors (Lipinski definition) is 3. The molecule has 0 spiro atoms. The van der Waals surface area contributed by atoms with Crippen molar-refractivity contribution in [3.05, 3.63) is 33.1 Å². The smallest absolute Gasteiger partial charge is 0.354 e. The quantitative estimate of drug-likeness (QED) is 0.495. The van der Waals surface area contributed by atoms with Gasteiger partial charge in [0.2, 0.25) is 5.85 Å². The Hall–Kier alpha value is -1.78. The average molecular weight is 391 g/mol. The van der Waals surface area contributed by atoms with Crippen LogP contribution in [0.4, 0.5) is 0 Å². The third kappa shape index (κ3) is 4.68. The van der Waals surface area contributed by atoms with Crippen molar-refractivity contribution in [3.63, 3.8) is 0 Å². The summed E-state index contributed by atoms with van der Waals surface area (Å²) < 4.78 is 24.4. The van der Waals surface area contributed by atoms with Crippen LogP contribution in [0.25, 0.3) is 0 Å². The molecule has 1 unspecified atom stereocenters. The summed E-state index contributed by atoms with van der Waals surface area (Å²) >= 11 is 0. The van der Waals surface area contributed by atoms with Gasteiger partial charge in [0.05, 0.1) is 12.7 Å². The molecule has 2 heterocycles. The maximum absolute atomic E-state index is 12.1. The van der Waals surface area contributed by atoms with Crippen molar-refractivity contribution in [3.8, 4) is 0 Å². The molecule has 0 radical (unpaired) electrons. The lowest BCUT2D eigenvalue weighted by molar-refractivity contribution is -0.131. The Balaban J connectivity index is 2.02. The molecule has 1 aromatic rings. The van der Waals surface area contributed by atoms with Gasteiger partial charge in [-0.2, -0.15) is 0 Å². The van der Waals surface area contributed by atoms with Gasteiger partial charge in [0.15, 0.2) is 0 Å². The first-order chi connectivity index (χ1) is 12.1. The molecule has 11 nitrogen and oxygen atoms in total. The van der Waals surface area contributed by atoms with Gasteiger partial charge in [-0.1, -0.05) is 0 Å². The number of rotatable bonds is 7. The Labute approximate surface area is 148 Å². The number of nitrogens with zero attached hydrogens (tertiary/aromatic N) is 2. The fraction of sp³-hybridized carbons (Fsp3) is 0.643. The van der Waals surface area contributed by atoms with Crippen LogP contribution >= 0.6 is 7.60 Å². The van der Waals surface area contributed by atoms with Gasteiger partial charge in [-0.3, -0.25) is 23.3 Å². The lowest BCUT2D eigenvalue weighted by Gasteiger charge is -2.21. The van der Waals surface area contributed by atoms with Gasteiger partial charge in [0, 0.05) is 25.9 Å². The first-order valence-electron chi connectivity index (χ1n) is 8.03. The van der Waals surface area contributed by atoms with Gasteiger partial charge in [0.25, 0.3) is 11.5 Å². The van der Waals surface area contributed by atoms with Gasteiger partial charge in [0.1, 0.15) is 6.23 Å². The van der Waals surface area contributed by atoms with Crippen LogP contribution in [0.15, 0.2) is 21.9 Å². The first kappa shape index (κ1) is 20.5. The van der Waals surface area contributed by atoms with E-state index in [9.17, 15) is 28.7 Å². The molecule has 26 heavy (non-hydrogen) atoms. The summed E-state index contributed by atoms with van der Waals surface area (Å²) in [7, 11) is -3.44. The third-order valence-electron chi connectivity index (χ3n) is 3.93. The van der Waals surface area contributed by atoms with Crippen molar-refractivity contribution >= 4 is 13.5 Å². The zero-order valence-electron chi connectivity index (χ0n) is 14.4. The van der Waals surface area contributed by atoms with Crippen LogP contribution in [0.1, 0.15) is 26.0 Å². The zero-order valence-corrected chi connectivity index (χ0v) is 15.3. The Bertz CT molecular complexity index is 813. The van der Waals surface area contributed by atoms with Gasteiger partial charge >= 0.3 is 13.3 Å². The van der Waals surface area contributed by atoms with E-state index in [1.807, 2.05) is 0 Å². The highest BCUT2D eigenvalue weighted by Gasteiger charge is 2.38. The molecular formula is C14H22N3O8P. The van der Waals surface area contributed by atoms with E-state index in [1.54, 1.807) is 6.92 Å². The second-order valence-electron chi connectivity index (χ2n) is 5.86. The lowest BCUT2D eigenvalue weighted by Crippen LogP contribution is -2.39. The van der Waals surface area contributed by atoms with Crippen LogP contribution in [0.2, 0.25) is 0 Å². The van der Waals surface area contributed by atoms with E-state index in [-0.39, 0.29) is 13.2 Å². The Morgan fingerprint density at radius 2 is 2.15 bits per heavy atom. The van der Waals surface area contributed by atoms with Crippen molar-refractivity contribution in [1.82, 2.24) is 14.5 Å². The summed E-state index contributed by atoms with van der Waals surface area (Å²) in [6.45, 7) is 1.60. The summed E-state index contributed by atoms with van der Waals surface area (Å²) in [5.41, 5.74) is -0.963. The van der Waals surface area contributed by atoms with E-state index < -0.39 is 42.9 Å². The molecule has 0 aliphatic carbocycles. The van der Waals surface area contributed by atoms with Crippen LogP contribution in [0, 0.1) is 0 Å². The summed E-state index contributed by atoms with van der Waals surface area (Å²) in [4.78, 5) is 53.8. The average Bonchev–Trinajstić information content (AvgIpc) is 3.00. The summed E-state index contributed by atoms with van der Waals surface area (Å²) in [5, 5.41) is 2.31. The zero-order chi connectivity index (χ0) is 19.5. The minimum absolute atomic E-state index is 0.205. The van der Waals surface area contributed by atoms with Gasteiger partial charge in [-0.05, 0) is 19.8 Å². The molecule has 0 aromatic carbocycles. The maximum atomic E-state index is 12.1. The number of hydrogen-bond acceptors (Lipinski definition) is 6. The van der Waals surface area contributed by atoms with E-state index in [0.717, 1.165) is 4.57 Å². The van der Waals surface area contributed by atoms with E-state index in [4.69, 9.17) is 9.47 Å². The number of amides is 1. The number of carbonyl (C=O) groups is 1. The molecule has 1 saturated heterocycles. The SMILES string of the molecule is CCNC(=O)C(OC[C@@H]1CC[C@H](n2ccc(=O)n(C)c2=O)O1)P(=O)(O)O. The Kier molecular flexibility index (Phi) is 6.53. The third-order valence-corrected chi connectivity index (χ3v) is 4.93. The number of carbonyl (C=O) groups excluding carboxylic acids is 1. The van der Waals surface area contributed by atoms with Crippen molar-refractivity contribution in [1.29, 1.82) is 0 Å². The molecule has 146 valence electrons. The summed E-state index contributed by atoms with van der Waals surface area (Å²) in [6.07, 6.45) is 1.08. The van der Waals surface area contributed by atoms with Gasteiger partial charge < -0.3 is 24.6 Å². The first-order valence-corrected chi connectivity index (χ1v) is 9.71. The van der Waals surface area contributed by atoms with Crippen molar-refractivity contribution in [2.45, 2.75) is 37.9 Å². The highest BCUT2D eigenvalue weighted by Crippen LogP contribution is 2.42. The fourth-order valence-corrected chi connectivity index (χ4v) is 3.28. The van der Waals surface area contributed by atoms with Crippen LogP contribution in [0.5, 0.6) is 0 Å². The largest absolute Gasteiger partial charge is 0.363 e. The minimum atomic E-state index is -4.79. The van der Waals surface area contributed by atoms with Crippen molar-refractivity contribution < 1.29 is 28.6 Å². The minimum Gasteiger partial charge on any atom is -0.354 e. The fourth-order valence-electron chi connectivity index (χ4n) is 2.61. The molecule has 12 heteroatoms. The maximum Gasteiger partial charge on any atom is 0.363 e. The standard InChI is InChI=1S/C14H22N3O8P/c1-3-15-12(19)13(26(21,22)23)24-8-9-4-5-11(25-9)17-7-6-10(18)16(2)14(17)20/h6-7,9,11,13H,3-5,8H2,1-2H3,(H,15,19)(H2,21,22,23)/t9-,11+,13?/m0/s1. The molecule has 1 aliphatic heterocycles. The normalized spacial score (nSPS) is 21.5. The van der Waals surface area contributed by atoms with Crippen molar-refractivity contribution in [2.75, 3.05) is 13.2 Å². The van der Waals surface area contributed by atoms with E-state index in [1.165, 1.54) is 23.9 Å². The topological polar surface area (TPSA) is 149 Å². The van der Waals surface area contributed by atoms with Gasteiger partial charge in [-0.25, -0.2) is 4.79 Å². The molecule has 3 atom stereocenters. The summed E-state index contributed by atoms with van der Waals surface area (Å²) in [5.74, 6) is -2.81. The molecule has 1 fully saturated rings. The van der Waals surface area contributed by atoms with Crippen LogP contribution in [-0.4, -0.2) is 49.9 Å². The highest BCUT2D eigenvalue weighted by molar-refractivity contribution is 7.53. The van der Waals surface area contributed by atoms with E-state index in [2.05, 4.69) is 5.32 Å². The Morgan fingerprint density at radius 3 is 2.77 bits per heavy atom. The Morgan fingerprint density at radius 1 is 1.46 bits per heavy atom. The van der Waals surface area contributed by atoms with E-state index >= 15 is 0 Å². The molecule has 0 saturated carbocycles. The predicted octanol–water partition coefficient (Wildman–Crippen LogP) is -1.12. The second-order valence-corrected chi connectivity index (χ2v) is 7.51. The summed E-state index contributed by atoms with van der Waals surface area (Å²) in [6, 6.07) is 1.24. The molecule has 1 amide bonds. The van der Waals surface area contributed by atoms with Crippen LogP contribution in [-0.2, 0) is 25.9 Å². The van der Waals surface area contributed by atoms with Gasteiger partial charge in [-0.15, -0.1) is 0 Å². The second kappa shape index (κ2) is 8.28. The predicted molar refractivity (Wildman–Crippen MR) is 89.6 cm³/mol. The molecule has 0 bridgehead atoms. The number of ether oxygens (including phenoxy) is 2. The number of nitrogens with one attached hydrogen (secondary N) is 1. The molecular weight excluding hydrogens is 369 g/mol. The van der Waals surface area contributed by atoms with Crippen LogP contribution in [0.3, 0.4) is 0 Å². The highest BCUT2D eigenvalue weighted by atomic mass is 31.2. The molecule has 1 aromatic heterocycles. The lowest BCUT2D eigenvalue weighted by atomic mass is 10.2. The molecule has 2 rings (SSSR count). The molecule has 3 N–H and O–H groups in total. The molecule has 1 aliphatic rings. The van der Waals surface area contributed by atoms with Crippen molar-refractivity contribution in [2.24, 2.45) is 7.05 Å². The van der Waals surface area contributed by atoms with Crippen LogP contribution < -0.4 is 16.6 Å². The number of aromatic nitrogens is 2. The number of likely N-dealkylation sites (N-methyl/N-ethyl adjacent to an activating group) is 1. The monoisotopic (exact) mass is 391 g/mol.